The summed E-state index contributed by atoms with van der Waals surface area (Å²) in [6.45, 7) is -14.6. The number of likely N-dealkylation sites (N-methyl/N-ethyl adjacent to an activating group) is 1. The van der Waals surface area contributed by atoms with Gasteiger partial charge in [0, 0.05) is 50.2 Å². The molecule has 0 saturated heterocycles. The predicted molar refractivity (Wildman–Crippen MR) is 106 cm³/mol. The maximum absolute atomic E-state index is 13.8. The first kappa shape index (κ1) is 7.57. The Morgan fingerprint density at radius 3 is 3.08 bits per heavy atom. The molecule has 1 aliphatic heterocycles. The molecule has 1 aromatic carbocycles. The van der Waals surface area contributed by atoms with Gasteiger partial charge in [-0.05, 0) is 65.8 Å². The normalized spacial score (nSPS) is 32.4. The molecule has 0 fully saturated rings. The van der Waals surface area contributed by atoms with Crippen LogP contribution >= 0.6 is 15.9 Å². The SMILES string of the molecule is [2H]c1c([2H])c2c3c(c(Br)[nH]c3c1[2H])C[C@@H]1C2=C[C@@H](C(=O)N(C([2H])([2H])C([2H])([2H])[2H])C([2H])([2H])C([2H])([2H])[2H])CN1C. The predicted octanol–water partition coefficient (Wildman–Crippen LogP) is 3.67. The summed E-state index contributed by atoms with van der Waals surface area (Å²) in [7, 11) is 1.64. The number of benzene rings is 1. The molecule has 4 rings (SSSR count). The van der Waals surface area contributed by atoms with E-state index in [4.69, 9.17) is 17.8 Å². The molecule has 2 atom stereocenters. The molecule has 25 heavy (non-hydrogen) atoms. The fourth-order valence-electron chi connectivity index (χ4n) is 3.72. The highest BCUT2D eigenvalue weighted by Crippen LogP contribution is 2.43. The highest BCUT2D eigenvalue weighted by atomic mass is 79.9. The molecule has 0 saturated carbocycles. The van der Waals surface area contributed by atoms with Crippen molar-refractivity contribution in [3.05, 3.63) is 39.9 Å². The lowest BCUT2D eigenvalue weighted by Gasteiger charge is -2.40. The van der Waals surface area contributed by atoms with Gasteiger partial charge in [-0.25, -0.2) is 0 Å². The van der Waals surface area contributed by atoms with Crippen molar-refractivity contribution in [2.45, 2.75) is 26.2 Å². The number of halogens is 1. The van der Waals surface area contributed by atoms with E-state index < -0.39 is 44.6 Å². The van der Waals surface area contributed by atoms with Crippen LogP contribution < -0.4 is 0 Å². The Balaban J connectivity index is 1.94. The monoisotopic (exact) mass is 414 g/mol. The Bertz CT molecular complexity index is 1340. The van der Waals surface area contributed by atoms with Crippen molar-refractivity contribution in [3.8, 4) is 0 Å². The molecule has 0 spiro atoms. The number of rotatable bonds is 3. The van der Waals surface area contributed by atoms with E-state index in [0.717, 1.165) is 5.56 Å². The second-order valence-electron chi connectivity index (χ2n) is 6.20. The lowest BCUT2D eigenvalue weighted by molar-refractivity contribution is -0.134. The zero-order chi connectivity index (χ0) is 28.9. The van der Waals surface area contributed by atoms with E-state index in [-0.39, 0.29) is 35.1 Å². The van der Waals surface area contributed by atoms with Gasteiger partial charge < -0.3 is 9.88 Å². The average molecular weight is 415 g/mol. The van der Waals surface area contributed by atoms with Gasteiger partial charge in [-0.15, -0.1) is 0 Å². The molecular weight excluding hydrogens is 378 g/mol. The zero-order valence-corrected chi connectivity index (χ0v) is 14.9. The van der Waals surface area contributed by atoms with E-state index in [0.29, 0.717) is 27.5 Å². The van der Waals surface area contributed by atoms with Crippen LogP contribution in [0.2, 0.25) is 0 Å². The maximum Gasteiger partial charge on any atom is 0.230 e. The summed E-state index contributed by atoms with van der Waals surface area (Å²) in [6, 6.07) is -1.21. The largest absolute Gasteiger partial charge is 0.349 e. The first-order valence-electron chi connectivity index (χ1n) is 14.2. The molecule has 132 valence electrons. The number of nitrogens with zero attached hydrogens (tertiary/aromatic N) is 2. The summed E-state index contributed by atoms with van der Waals surface area (Å²) >= 11 is 3.44. The van der Waals surface area contributed by atoms with E-state index in [1.54, 1.807) is 11.9 Å². The Morgan fingerprint density at radius 1 is 1.52 bits per heavy atom. The van der Waals surface area contributed by atoms with E-state index in [1.807, 2.05) is 0 Å². The summed E-state index contributed by atoms with van der Waals surface area (Å²) < 4.78 is 104. The molecule has 4 nitrogen and oxygen atoms in total. The number of aromatic nitrogens is 1. The van der Waals surface area contributed by atoms with Crippen molar-refractivity contribution in [2.75, 3.05) is 26.6 Å². The third-order valence-electron chi connectivity index (χ3n) is 4.88. The molecule has 0 unspecified atom stereocenters. The van der Waals surface area contributed by atoms with Gasteiger partial charge in [-0.3, -0.25) is 9.69 Å². The minimum Gasteiger partial charge on any atom is -0.349 e. The van der Waals surface area contributed by atoms with E-state index in [1.165, 1.54) is 6.08 Å². The van der Waals surface area contributed by atoms with Crippen LogP contribution in [-0.4, -0.2) is 53.3 Å². The smallest absolute Gasteiger partial charge is 0.230 e. The maximum atomic E-state index is 13.8. The molecule has 0 radical (unpaired) electrons. The van der Waals surface area contributed by atoms with Crippen molar-refractivity contribution in [3.63, 3.8) is 0 Å². The molecular formula is C20H24BrN3O. The van der Waals surface area contributed by atoms with Crippen molar-refractivity contribution >= 4 is 38.3 Å². The third kappa shape index (κ3) is 2.56. The van der Waals surface area contributed by atoms with Crippen LogP contribution in [0.15, 0.2) is 28.8 Å². The van der Waals surface area contributed by atoms with Gasteiger partial charge in [0.25, 0.3) is 0 Å². The van der Waals surface area contributed by atoms with Gasteiger partial charge in [0.1, 0.15) is 0 Å². The highest BCUT2D eigenvalue weighted by Gasteiger charge is 2.37. The Hall–Kier alpha value is -1.59. The summed E-state index contributed by atoms with van der Waals surface area (Å²) in [6.07, 6.45) is 1.77. The van der Waals surface area contributed by atoms with Crippen LogP contribution in [0.1, 0.15) is 42.7 Å². The number of hydrogen-bond acceptors (Lipinski definition) is 2. The van der Waals surface area contributed by atoms with Gasteiger partial charge in [0.2, 0.25) is 5.91 Å². The summed E-state index contributed by atoms with van der Waals surface area (Å²) in [5, 5.41) is 0.513. The van der Waals surface area contributed by atoms with Crippen LogP contribution in [0.25, 0.3) is 16.5 Å². The van der Waals surface area contributed by atoms with Crippen LogP contribution in [-0.2, 0) is 11.2 Å². The average Bonchev–Trinajstić information content (AvgIpc) is 3.10. The number of fused-ring (bicyclic) bond motifs is 2. The minimum atomic E-state index is -3.67. The van der Waals surface area contributed by atoms with Crippen LogP contribution in [0.4, 0.5) is 0 Å². The van der Waals surface area contributed by atoms with Crippen molar-refractivity contribution in [1.29, 1.82) is 0 Å². The number of hydrogen-bond donors (Lipinski definition) is 1. The van der Waals surface area contributed by atoms with E-state index in [2.05, 4.69) is 20.9 Å². The summed E-state index contributed by atoms with van der Waals surface area (Å²) in [5.41, 5.74) is 1.78. The van der Waals surface area contributed by atoms with Gasteiger partial charge in [-0.1, -0.05) is 18.2 Å². The molecule has 5 heteroatoms. The van der Waals surface area contributed by atoms with Crippen molar-refractivity contribution < 1.29 is 22.6 Å². The molecule has 2 aliphatic rings. The van der Waals surface area contributed by atoms with Crippen LogP contribution in [0.5, 0.6) is 0 Å². The van der Waals surface area contributed by atoms with E-state index in [9.17, 15) is 4.79 Å². The second-order valence-corrected chi connectivity index (χ2v) is 7.00. The topological polar surface area (TPSA) is 39.3 Å². The first-order chi connectivity index (χ1) is 17.1. The molecule has 1 aliphatic carbocycles. The summed E-state index contributed by atoms with van der Waals surface area (Å²) in [4.78, 5) is 18.2. The quantitative estimate of drug-likeness (QED) is 0.831. The standard InChI is InChI=1S/C20H24BrN3O/c1-4-24(5-2)20(25)12-9-14-13-7-6-8-16-18(13)15(19(21)22-16)10-17(14)23(3)11-12/h6-9,12,17,22H,4-5,10-11H2,1-3H3/t12-,17-/m1/s1/i1D3,2D3,4D2,5D2,6D,7D,8D. The van der Waals surface area contributed by atoms with Crippen molar-refractivity contribution in [2.24, 2.45) is 5.92 Å². The first-order valence-corrected chi connectivity index (χ1v) is 8.50. The zero-order valence-electron chi connectivity index (χ0n) is 26.3. The lowest BCUT2D eigenvalue weighted by atomic mass is 9.79. The van der Waals surface area contributed by atoms with Gasteiger partial charge in [-0.2, -0.15) is 0 Å². The van der Waals surface area contributed by atoms with Crippen LogP contribution in [0.3, 0.4) is 0 Å². The number of carbonyl (C=O) groups is 1. The molecule has 1 amide bonds. The minimum absolute atomic E-state index is 0.115. The Morgan fingerprint density at radius 2 is 2.32 bits per heavy atom. The van der Waals surface area contributed by atoms with Gasteiger partial charge in [0.15, 0.2) is 0 Å². The highest BCUT2D eigenvalue weighted by molar-refractivity contribution is 9.10. The number of carbonyl (C=O) groups excluding carboxylic acids is 1. The van der Waals surface area contributed by atoms with Crippen LogP contribution in [0, 0.1) is 5.92 Å². The molecule has 1 aromatic heterocycles. The Kier molecular flexibility index (Phi) is 1.90. The number of nitrogens with one attached hydrogen (secondary N) is 1. The third-order valence-corrected chi connectivity index (χ3v) is 5.56. The number of H-pyrrole nitrogens is 1. The number of amides is 1. The van der Waals surface area contributed by atoms with E-state index >= 15 is 0 Å². The fraction of sp³-hybridized carbons (Fsp3) is 0.450. The lowest BCUT2D eigenvalue weighted by Crippen LogP contribution is -2.47. The second kappa shape index (κ2) is 6.29. The fourth-order valence-corrected chi connectivity index (χ4v) is 4.28. The molecule has 1 N–H and O–H groups in total. The molecule has 2 heterocycles. The van der Waals surface area contributed by atoms with Gasteiger partial charge >= 0.3 is 0 Å². The Labute approximate surface area is 175 Å². The van der Waals surface area contributed by atoms with Crippen molar-refractivity contribution in [1.82, 2.24) is 14.8 Å². The molecule has 2 aromatic rings. The molecule has 0 bridgehead atoms. The van der Waals surface area contributed by atoms with Gasteiger partial charge in [0.05, 0.1) is 14.6 Å². The summed E-state index contributed by atoms with van der Waals surface area (Å²) in [5.74, 6) is -2.75. The number of aromatic amines is 1.